The third-order valence-corrected chi connectivity index (χ3v) is 7.30. The van der Waals surface area contributed by atoms with E-state index in [1.165, 1.54) is 31.6 Å². The molecular weight excluding hydrogens is 424 g/mol. The number of Topliss-reactive ketones (excluding diaryl/α,β-unsaturated/α-hetero) is 1. The molecule has 2 atom stereocenters. The zero-order valence-corrected chi connectivity index (χ0v) is 17.0. The van der Waals surface area contributed by atoms with Gasteiger partial charge in [-0.1, -0.05) is 0 Å². The number of hydrogen-bond donors (Lipinski definition) is 0. The predicted octanol–water partition coefficient (Wildman–Crippen LogP) is 1.52. The van der Waals surface area contributed by atoms with Crippen LogP contribution in [0.3, 0.4) is 0 Å². The van der Waals surface area contributed by atoms with E-state index < -0.39 is 44.2 Å². The van der Waals surface area contributed by atoms with Gasteiger partial charge in [-0.25, -0.2) is 18.0 Å². The van der Waals surface area contributed by atoms with E-state index in [1.807, 2.05) is 0 Å². The largest absolute Gasteiger partial charge is 0.468 e. The summed E-state index contributed by atoms with van der Waals surface area (Å²) in [4.78, 5) is 37.3. The van der Waals surface area contributed by atoms with Gasteiger partial charge in [-0.3, -0.25) is 4.79 Å². The first-order valence-corrected chi connectivity index (χ1v) is 11.5. The first kappa shape index (κ1) is 21.2. The molecule has 3 rings (SSSR count). The molecular formula is C18H18O9S2. The average Bonchev–Trinajstić information content (AvgIpc) is 3.38. The van der Waals surface area contributed by atoms with Gasteiger partial charge in [-0.05, 0) is 31.2 Å². The zero-order valence-electron chi connectivity index (χ0n) is 15.4. The predicted molar refractivity (Wildman–Crippen MR) is 100 cm³/mol. The van der Waals surface area contributed by atoms with Crippen LogP contribution in [0.25, 0.3) is 0 Å². The van der Waals surface area contributed by atoms with Crippen molar-refractivity contribution in [1.82, 2.24) is 0 Å². The monoisotopic (exact) mass is 442 g/mol. The van der Waals surface area contributed by atoms with Crippen molar-refractivity contribution in [2.45, 2.75) is 29.3 Å². The van der Waals surface area contributed by atoms with Crippen LogP contribution in [0.4, 0.5) is 0 Å². The average molecular weight is 442 g/mol. The molecule has 11 heteroatoms. The lowest BCUT2D eigenvalue weighted by atomic mass is 10.0. The summed E-state index contributed by atoms with van der Waals surface area (Å²) in [6.07, 6.45) is 2.74. The van der Waals surface area contributed by atoms with Crippen molar-refractivity contribution in [1.29, 1.82) is 0 Å². The van der Waals surface area contributed by atoms with E-state index in [0.717, 1.165) is 11.8 Å². The highest BCUT2D eigenvalue weighted by Gasteiger charge is 2.66. The molecule has 0 amide bonds. The summed E-state index contributed by atoms with van der Waals surface area (Å²) in [5.74, 6) is -3.83. The van der Waals surface area contributed by atoms with E-state index in [0.29, 0.717) is 5.76 Å². The molecule has 2 aromatic rings. The van der Waals surface area contributed by atoms with Gasteiger partial charge < -0.3 is 18.3 Å². The lowest BCUT2D eigenvalue weighted by molar-refractivity contribution is -0.171. The molecule has 2 unspecified atom stereocenters. The second kappa shape index (κ2) is 8.46. The molecule has 0 radical (unpaired) electrons. The van der Waals surface area contributed by atoms with Crippen molar-refractivity contribution in [3.05, 3.63) is 48.3 Å². The lowest BCUT2D eigenvalue weighted by Gasteiger charge is -2.29. The third kappa shape index (κ3) is 4.25. The van der Waals surface area contributed by atoms with Crippen LogP contribution < -0.4 is 0 Å². The van der Waals surface area contributed by atoms with E-state index in [4.69, 9.17) is 18.3 Å². The van der Waals surface area contributed by atoms with Gasteiger partial charge in [-0.15, -0.1) is 11.8 Å². The van der Waals surface area contributed by atoms with Crippen molar-refractivity contribution < 1.29 is 41.1 Å². The molecule has 0 bridgehead atoms. The molecule has 156 valence electrons. The molecule has 0 saturated carbocycles. The fourth-order valence-electron chi connectivity index (χ4n) is 2.98. The Kier molecular flexibility index (Phi) is 6.18. The Morgan fingerprint density at radius 3 is 2.41 bits per heavy atom. The molecule has 1 aliphatic heterocycles. The zero-order chi connectivity index (χ0) is 21.1. The van der Waals surface area contributed by atoms with Crippen molar-refractivity contribution >= 4 is 39.3 Å². The first-order chi connectivity index (χ1) is 13.8. The van der Waals surface area contributed by atoms with E-state index in [-0.39, 0.29) is 23.9 Å². The maximum absolute atomic E-state index is 13.0. The van der Waals surface area contributed by atoms with Crippen LogP contribution in [0.2, 0.25) is 0 Å². The van der Waals surface area contributed by atoms with E-state index in [1.54, 1.807) is 12.1 Å². The summed E-state index contributed by atoms with van der Waals surface area (Å²) >= 11 is 1.08. The minimum absolute atomic E-state index is 0.0677. The fraction of sp³-hybridized carbons (Fsp3) is 0.389. The number of carbonyl (C=O) groups is 3. The number of hydrogen-bond acceptors (Lipinski definition) is 10. The molecule has 3 heterocycles. The van der Waals surface area contributed by atoms with Gasteiger partial charge in [-0.2, -0.15) is 0 Å². The highest BCUT2D eigenvalue weighted by atomic mass is 32.2. The van der Waals surface area contributed by atoms with Gasteiger partial charge in [0.1, 0.15) is 17.3 Å². The second-order valence-corrected chi connectivity index (χ2v) is 9.27. The van der Waals surface area contributed by atoms with Gasteiger partial charge in [0.25, 0.3) is 5.78 Å². The third-order valence-electron chi connectivity index (χ3n) is 4.18. The van der Waals surface area contributed by atoms with Crippen LogP contribution in [0, 0.1) is 0 Å². The Morgan fingerprint density at radius 1 is 1.17 bits per heavy atom. The van der Waals surface area contributed by atoms with Crippen LogP contribution in [0.15, 0.2) is 45.6 Å². The van der Waals surface area contributed by atoms with Crippen molar-refractivity contribution in [3.8, 4) is 0 Å². The summed E-state index contributed by atoms with van der Waals surface area (Å²) in [5, 5.41) is -2.03. The SMILES string of the molecule is CCOC(=O)C1(CSCc2ccco2)OC(=O)C(=O)C1S(=O)(=O)Cc1ccco1. The molecule has 0 N–H and O–H groups in total. The molecule has 0 aliphatic carbocycles. The lowest BCUT2D eigenvalue weighted by Crippen LogP contribution is -2.55. The van der Waals surface area contributed by atoms with Gasteiger partial charge in [0, 0.05) is 5.75 Å². The number of furan rings is 2. The maximum Gasteiger partial charge on any atom is 0.377 e. The highest BCUT2D eigenvalue weighted by Crippen LogP contribution is 2.37. The quantitative estimate of drug-likeness (QED) is 0.416. The highest BCUT2D eigenvalue weighted by molar-refractivity contribution is 7.98. The molecule has 1 fully saturated rings. The molecule has 0 spiro atoms. The first-order valence-electron chi connectivity index (χ1n) is 8.58. The van der Waals surface area contributed by atoms with E-state index >= 15 is 0 Å². The van der Waals surface area contributed by atoms with Gasteiger partial charge >= 0.3 is 11.9 Å². The Labute approximate surface area is 170 Å². The van der Waals surface area contributed by atoms with Crippen LogP contribution >= 0.6 is 11.8 Å². The number of thioether (sulfide) groups is 1. The number of carbonyl (C=O) groups excluding carboxylic acids is 3. The number of rotatable bonds is 9. The summed E-state index contributed by atoms with van der Waals surface area (Å²) in [5.41, 5.74) is -2.28. The Balaban J connectivity index is 1.94. The van der Waals surface area contributed by atoms with Gasteiger partial charge in [0.15, 0.2) is 15.1 Å². The molecule has 1 aliphatic rings. The minimum atomic E-state index is -4.35. The number of cyclic esters (lactones) is 1. The molecule has 1 saturated heterocycles. The topological polar surface area (TPSA) is 130 Å². The molecule has 2 aromatic heterocycles. The maximum atomic E-state index is 13.0. The summed E-state index contributed by atoms with van der Waals surface area (Å²) in [6.45, 7) is 1.44. The van der Waals surface area contributed by atoms with Crippen molar-refractivity contribution in [2.24, 2.45) is 0 Å². The fourth-order valence-corrected chi connectivity index (χ4v) is 6.16. The molecule has 0 aromatic carbocycles. The van der Waals surface area contributed by atoms with Crippen LogP contribution in [0.1, 0.15) is 18.4 Å². The Hall–Kier alpha value is -2.53. The summed E-state index contributed by atoms with van der Waals surface area (Å²) in [7, 11) is -4.35. The number of esters is 2. The van der Waals surface area contributed by atoms with Crippen molar-refractivity contribution in [2.75, 3.05) is 12.4 Å². The number of ether oxygens (including phenoxy) is 2. The molecule has 29 heavy (non-hydrogen) atoms. The van der Waals surface area contributed by atoms with Crippen LogP contribution in [0.5, 0.6) is 0 Å². The van der Waals surface area contributed by atoms with E-state index in [9.17, 15) is 22.8 Å². The summed E-state index contributed by atoms with van der Waals surface area (Å²) < 4.78 is 46.4. The van der Waals surface area contributed by atoms with E-state index in [2.05, 4.69) is 0 Å². The smallest absolute Gasteiger partial charge is 0.377 e. The van der Waals surface area contributed by atoms with Gasteiger partial charge in [0.2, 0.25) is 5.60 Å². The normalized spacial score (nSPS) is 21.9. The van der Waals surface area contributed by atoms with Gasteiger partial charge in [0.05, 0.1) is 24.9 Å². The molecule has 9 nitrogen and oxygen atoms in total. The minimum Gasteiger partial charge on any atom is -0.468 e. The Morgan fingerprint density at radius 2 is 1.83 bits per heavy atom. The Bertz CT molecular complexity index is 977. The second-order valence-electron chi connectivity index (χ2n) is 6.20. The standard InChI is InChI=1S/C18H18O9S2/c1-2-24-17(21)18(11-28-9-12-5-3-7-25-12)15(14(19)16(20)27-18)29(22,23)10-13-6-4-8-26-13/h3-8,15H,2,9-11H2,1H3. The van der Waals surface area contributed by atoms with Crippen molar-refractivity contribution in [3.63, 3.8) is 0 Å². The van der Waals surface area contributed by atoms with Crippen LogP contribution in [-0.2, 0) is 45.2 Å². The van der Waals surface area contributed by atoms with Crippen LogP contribution in [-0.4, -0.2) is 49.4 Å². The number of sulfone groups is 1. The summed E-state index contributed by atoms with van der Waals surface area (Å²) in [6, 6.07) is 6.27. The number of ketones is 1.